The molecule has 1 N–H and O–H groups in total. The molecule has 1 unspecified atom stereocenters. The lowest BCUT2D eigenvalue weighted by atomic mass is 9.98. The van der Waals surface area contributed by atoms with E-state index in [4.69, 9.17) is 18.5 Å². The summed E-state index contributed by atoms with van der Waals surface area (Å²) >= 11 is 0. The van der Waals surface area contributed by atoms with Gasteiger partial charge in [-0.2, -0.15) is 79.0 Å². The van der Waals surface area contributed by atoms with Crippen molar-refractivity contribution in [2.24, 2.45) is 0 Å². The third-order valence-electron chi connectivity index (χ3n) is 10.3. The van der Waals surface area contributed by atoms with Gasteiger partial charge in [0.25, 0.3) is 0 Å². The van der Waals surface area contributed by atoms with Crippen molar-refractivity contribution in [1.82, 2.24) is 0 Å². The highest BCUT2D eigenvalue weighted by molar-refractivity contribution is 7.47. The first-order valence-electron chi connectivity index (χ1n) is 22.9. The lowest BCUT2D eigenvalue weighted by Gasteiger charge is -2.33. The fraction of sp³-hybridized carbons (Fsp3) is 0.864. The van der Waals surface area contributed by atoms with Gasteiger partial charge in [0.1, 0.15) is 19.8 Å². The molecule has 28 heteroatoms. The summed E-state index contributed by atoms with van der Waals surface area (Å²) in [6.07, 6.45) is -15.1. The van der Waals surface area contributed by atoms with E-state index in [9.17, 15) is 98.1 Å². The average molecular weight is 1110 g/mol. The summed E-state index contributed by atoms with van der Waals surface area (Å²) in [5.74, 6) is -29.2. The van der Waals surface area contributed by atoms with Gasteiger partial charge in [0.2, 0.25) is 0 Å². The molecule has 0 aliphatic carbocycles. The van der Waals surface area contributed by atoms with Crippen LogP contribution in [0.25, 0.3) is 0 Å². The predicted molar refractivity (Wildman–Crippen MR) is 224 cm³/mol. The molecule has 72 heavy (non-hydrogen) atoms. The number of ether oxygens (including phenoxy) is 2. The van der Waals surface area contributed by atoms with Crippen molar-refractivity contribution in [2.75, 3.05) is 47.5 Å². The number of esters is 2. The number of nitrogens with zero attached hydrogens (tertiary/aromatic N) is 1. The molecule has 0 spiro atoms. The Hall–Kier alpha value is -3.13. The van der Waals surface area contributed by atoms with E-state index in [1.807, 2.05) is 21.1 Å². The number of quaternary nitrogens is 1. The second kappa shape index (κ2) is 30.4. The van der Waals surface area contributed by atoms with Gasteiger partial charge in [0.15, 0.2) is 6.10 Å². The maximum absolute atomic E-state index is 13.6. The van der Waals surface area contributed by atoms with Gasteiger partial charge < -0.3 is 18.9 Å². The lowest BCUT2D eigenvalue weighted by Crippen LogP contribution is -2.60. The first-order chi connectivity index (χ1) is 32.8. The third-order valence-corrected chi connectivity index (χ3v) is 11.3. The highest BCUT2D eigenvalue weighted by Crippen LogP contribution is 2.55. The van der Waals surface area contributed by atoms with E-state index in [2.05, 4.69) is 23.7 Å². The zero-order chi connectivity index (χ0) is 55.8. The number of rotatable bonds is 36. The van der Waals surface area contributed by atoms with Gasteiger partial charge in [-0.15, -0.1) is 23.7 Å². The maximum atomic E-state index is 13.6. The number of carbonyl (C=O) groups excluding carboxylic acids is 2. The van der Waals surface area contributed by atoms with Crippen LogP contribution in [0.1, 0.15) is 141 Å². The number of carbonyl (C=O) groups is 2. The molecule has 0 saturated carbocycles. The van der Waals surface area contributed by atoms with Crippen LogP contribution in [0.4, 0.5) is 79.0 Å². The van der Waals surface area contributed by atoms with Crippen molar-refractivity contribution < 1.29 is 121 Å². The van der Waals surface area contributed by atoms with Crippen molar-refractivity contribution in [3.8, 4) is 23.7 Å². The molecule has 0 aliphatic heterocycles. The Kier molecular flexibility index (Phi) is 29.1. The van der Waals surface area contributed by atoms with Crippen molar-refractivity contribution in [2.45, 2.75) is 195 Å². The van der Waals surface area contributed by atoms with Crippen molar-refractivity contribution in [1.29, 1.82) is 0 Å². The van der Waals surface area contributed by atoms with Crippen LogP contribution < -0.4 is 0 Å². The molecule has 0 heterocycles. The van der Waals surface area contributed by atoms with Gasteiger partial charge in [-0.1, -0.05) is 38.5 Å². The van der Waals surface area contributed by atoms with Gasteiger partial charge in [0.05, 0.1) is 27.7 Å². The first kappa shape index (κ1) is 68.9. The predicted octanol–water partition coefficient (Wildman–Crippen LogP) is 13.8. The molecule has 0 rings (SSSR count). The van der Waals surface area contributed by atoms with Crippen LogP contribution in [0.3, 0.4) is 0 Å². The van der Waals surface area contributed by atoms with Crippen molar-refractivity contribution in [3.63, 3.8) is 0 Å². The Bertz CT molecular complexity index is 1790. The Morgan fingerprint density at radius 3 is 1.21 bits per heavy atom. The van der Waals surface area contributed by atoms with Crippen LogP contribution in [0.2, 0.25) is 0 Å². The summed E-state index contributed by atoms with van der Waals surface area (Å²) in [5, 5.41) is 0. The van der Waals surface area contributed by atoms with Crippen LogP contribution in [-0.2, 0) is 32.7 Å². The van der Waals surface area contributed by atoms with Crippen molar-refractivity contribution in [3.05, 3.63) is 0 Å². The summed E-state index contributed by atoms with van der Waals surface area (Å²) in [7, 11) is 0.809. The lowest BCUT2D eigenvalue weighted by molar-refractivity contribution is -0.870. The average Bonchev–Trinajstić information content (AvgIpc) is 3.23. The minimum atomic E-state index is -6.93. The second-order valence-corrected chi connectivity index (χ2v) is 19.2. The summed E-state index contributed by atoms with van der Waals surface area (Å²) in [5.41, 5.74) is 0. The molecule has 0 aromatic rings. The molecule has 422 valence electrons. The van der Waals surface area contributed by atoms with Gasteiger partial charge in [0, 0.05) is 51.4 Å². The Morgan fingerprint density at radius 2 is 0.833 bits per heavy atom. The largest absolute Gasteiger partial charge is 0.472 e. The number of phosphoric acid groups is 1. The third kappa shape index (κ3) is 24.9. The monoisotopic (exact) mass is 1110 g/mol. The smallest absolute Gasteiger partial charge is 0.462 e. The Balaban J connectivity index is 4.69. The van der Waals surface area contributed by atoms with Gasteiger partial charge in [-0.3, -0.25) is 18.6 Å². The van der Waals surface area contributed by atoms with E-state index < -0.39 is 113 Å². The minimum absolute atomic E-state index is 0.0493. The Labute approximate surface area is 407 Å². The fourth-order valence-corrected chi connectivity index (χ4v) is 6.64. The summed E-state index contributed by atoms with van der Waals surface area (Å²) in [6.45, 7) is -1.03. The van der Waals surface area contributed by atoms with Crippen LogP contribution in [0.15, 0.2) is 0 Å². The number of halogens is 18. The van der Waals surface area contributed by atoms with Gasteiger partial charge in [-0.25, -0.2) is 4.57 Å². The standard InChI is InChI=1S/C44H62F18NO8P/c1-63(2,3)30-31-69-72(66,67)70-33-34(71-36(65)27-23-19-15-11-7-5-9-13-17-21-25-29-38(47,48)40(51,52)42(55,56)44(60,61)62)32-68-35(64)26-22-18-14-10-6-4-8-12-16-20-24-28-37(45,46)39(49,50)41(53,54)43(57,58)59/h34H,4-7,10-11,14-33H2,1-3H3/p+1/t34-/m1/s1. The maximum Gasteiger partial charge on any atom is 0.472 e. The Morgan fingerprint density at radius 1 is 0.486 bits per heavy atom. The van der Waals surface area contributed by atoms with E-state index in [1.54, 1.807) is 0 Å². The quantitative estimate of drug-likeness (QED) is 0.0165. The summed E-state index contributed by atoms with van der Waals surface area (Å²) in [4.78, 5) is 35.2. The SMILES string of the molecule is C[N+](C)(C)CCOP(=O)(O)OC[C@@H](COC(=O)CCCCCCCC#CCCCCC(F)(F)C(F)(F)C(F)(F)C(F)(F)F)OC(=O)CCCCCCCC#CCCCCC(F)(F)C(F)(F)C(F)(F)C(F)(F)F. The molecule has 2 atom stereocenters. The van der Waals surface area contributed by atoms with E-state index in [1.165, 1.54) is 0 Å². The summed E-state index contributed by atoms with van der Waals surface area (Å²) in [6, 6.07) is 0. The van der Waals surface area contributed by atoms with Crippen LogP contribution >= 0.6 is 7.82 Å². The molecule has 0 aliphatic rings. The zero-order valence-electron chi connectivity index (χ0n) is 40.0. The first-order valence-corrected chi connectivity index (χ1v) is 24.4. The normalized spacial score (nSPS) is 14.7. The number of alkyl halides is 18. The molecule has 0 amide bonds. The van der Waals surface area contributed by atoms with Crippen LogP contribution in [0, 0.1) is 23.7 Å². The highest BCUT2D eigenvalue weighted by atomic mass is 31.2. The van der Waals surface area contributed by atoms with E-state index >= 15 is 0 Å². The van der Waals surface area contributed by atoms with Crippen molar-refractivity contribution >= 4 is 19.8 Å². The number of unbranched alkanes of at least 4 members (excludes halogenated alkanes) is 14. The van der Waals surface area contributed by atoms with E-state index in [-0.39, 0.29) is 45.1 Å². The van der Waals surface area contributed by atoms with E-state index in [0.29, 0.717) is 88.1 Å². The molecule has 0 aromatic carbocycles. The van der Waals surface area contributed by atoms with Gasteiger partial charge in [-0.05, 0) is 51.4 Å². The molecule has 0 bridgehead atoms. The minimum Gasteiger partial charge on any atom is -0.462 e. The fourth-order valence-electron chi connectivity index (χ4n) is 5.89. The molecule has 0 fully saturated rings. The number of hydrogen-bond acceptors (Lipinski definition) is 7. The molecular formula is C44H63F18NO8P+. The molecule has 0 radical (unpaired) electrons. The van der Waals surface area contributed by atoms with Crippen LogP contribution in [-0.4, -0.2) is 123 Å². The second-order valence-electron chi connectivity index (χ2n) is 17.8. The topological polar surface area (TPSA) is 108 Å². The van der Waals surface area contributed by atoms with Gasteiger partial charge >= 0.3 is 67.6 Å². The number of likely N-dealkylation sites (N-methyl/N-ethyl adjacent to an activating group) is 1. The number of phosphoric ester groups is 1. The molecular weight excluding hydrogens is 1040 g/mol. The zero-order valence-corrected chi connectivity index (χ0v) is 40.9. The molecule has 9 nitrogen and oxygen atoms in total. The number of hydrogen-bond donors (Lipinski definition) is 1. The highest BCUT2D eigenvalue weighted by Gasteiger charge is 2.82. The summed E-state index contributed by atoms with van der Waals surface area (Å²) < 4.78 is 266. The van der Waals surface area contributed by atoms with E-state index in [0.717, 1.165) is 0 Å². The van der Waals surface area contributed by atoms with Crippen LogP contribution in [0.5, 0.6) is 0 Å². The molecule has 0 saturated heterocycles. The molecule has 0 aromatic heterocycles.